The van der Waals surface area contributed by atoms with Crippen LogP contribution in [-0.2, 0) is 13.1 Å². The van der Waals surface area contributed by atoms with Gasteiger partial charge in [0.2, 0.25) is 0 Å². The summed E-state index contributed by atoms with van der Waals surface area (Å²) in [6.07, 6.45) is 0. The molecule has 0 aliphatic heterocycles. The highest BCUT2D eigenvalue weighted by molar-refractivity contribution is 9.10. The lowest BCUT2D eigenvalue weighted by atomic mass is 10.2. The molecule has 3 nitrogen and oxygen atoms in total. The first-order valence-corrected chi connectivity index (χ1v) is 7.50. The van der Waals surface area contributed by atoms with Gasteiger partial charge in [0.15, 0.2) is 5.96 Å². The standard InChI is InChI=1S/C16H16BrF2N3/c1-20-16(21-9-11-3-2-4-14(18)7-11)22-10-12-8-13(17)5-6-15(12)19/h2-8H,9-10H2,1H3,(H2,20,21,22). The average molecular weight is 368 g/mol. The minimum absolute atomic E-state index is 0.279. The van der Waals surface area contributed by atoms with Crippen LogP contribution in [0.3, 0.4) is 0 Å². The van der Waals surface area contributed by atoms with Gasteiger partial charge in [-0.3, -0.25) is 4.99 Å². The van der Waals surface area contributed by atoms with E-state index in [4.69, 9.17) is 0 Å². The van der Waals surface area contributed by atoms with E-state index in [2.05, 4.69) is 31.6 Å². The highest BCUT2D eigenvalue weighted by Crippen LogP contribution is 2.15. The van der Waals surface area contributed by atoms with E-state index in [0.29, 0.717) is 24.6 Å². The van der Waals surface area contributed by atoms with Crippen LogP contribution in [0, 0.1) is 11.6 Å². The van der Waals surface area contributed by atoms with Gasteiger partial charge in [-0.1, -0.05) is 28.1 Å². The van der Waals surface area contributed by atoms with E-state index in [1.807, 2.05) is 6.07 Å². The summed E-state index contributed by atoms with van der Waals surface area (Å²) in [4.78, 5) is 4.06. The van der Waals surface area contributed by atoms with E-state index >= 15 is 0 Å². The summed E-state index contributed by atoms with van der Waals surface area (Å²) in [6, 6.07) is 11.1. The van der Waals surface area contributed by atoms with Gasteiger partial charge in [-0.05, 0) is 35.9 Å². The third-order valence-electron chi connectivity index (χ3n) is 3.03. The third kappa shape index (κ3) is 4.80. The zero-order valence-electron chi connectivity index (χ0n) is 12.0. The summed E-state index contributed by atoms with van der Waals surface area (Å²) in [5.41, 5.74) is 1.33. The van der Waals surface area contributed by atoms with Gasteiger partial charge < -0.3 is 10.6 Å². The normalized spacial score (nSPS) is 11.4. The Labute approximate surface area is 136 Å². The smallest absolute Gasteiger partial charge is 0.191 e. The van der Waals surface area contributed by atoms with Crippen molar-refractivity contribution in [1.82, 2.24) is 10.6 Å². The van der Waals surface area contributed by atoms with Crippen molar-refractivity contribution in [3.05, 3.63) is 69.7 Å². The lowest BCUT2D eigenvalue weighted by molar-refractivity contribution is 0.604. The lowest BCUT2D eigenvalue weighted by Crippen LogP contribution is -2.36. The van der Waals surface area contributed by atoms with Crippen LogP contribution >= 0.6 is 15.9 Å². The summed E-state index contributed by atoms with van der Waals surface area (Å²) < 4.78 is 27.6. The van der Waals surface area contributed by atoms with Gasteiger partial charge in [-0.25, -0.2) is 8.78 Å². The van der Waals surface area contributed by atoms with Crippen LogP contribution in [0.15, 0.2) is 51.9 Å². The number of guanidine groups is 1. The molecule has 2 aromatic carbocycles. The summed E-state index contributed by atoms with van der Waals surface area (Å²) in [5, 5.41) is 6.08. The Morgan fingerprint density at radius 2 is 1.86 bits per heavy atom. The molecule has 0 heterocycles. The highest BCUT2D eigenvalue weighted by Gasteiger charge is 2.04. The summed E-state index contributed by atoms with van der Waals surface area (Å²) >= 11 is 3.31. The van der Waals surface area contributed by atoms with E-state index in [9.17, 15) is 8.78 Å². The van der Waals surface area contributed by atoms with E-state index < -0.39 is 0 Å². The van der Waals surface area contributed by atoms with Crippen LogP contribution < -0.4 is 10.6 Å². The summed E-state index contributed by atoms with van der Waals surface area (Å²) in [5.74, 6) is -0.0432. The van der Waals surface area contributed by atoms with E-state index in [-0.39, 0.29) is 11.6 Å². The van der Waals surface area contributed by atoms with Gasteiger partial charge in [-0.2, -0.15) is 0 Å². The molecule has 0 aliphatic rings. The minimum atomic E-state index is -0.281. The first-order chi connectivity index (χ1) is 10.6. The van der Waals surface area contributed by atoms with Crippen LogP contribution in [0.5, 0.6) is 0 Å². The molecule has 0 aliphatic carbocycles. The van der Waals surface area contributed by atoms with Crippen LogP contribution in [0.2, 0.25) is 0 Å². The third-order valence-corrected chi connectivity index (χ3v) is 3.52. The van der Waals surface area contributed by atoms with Crippen molar-refractivity contribution < 1.29 is 8.78 Å². The molecule has 0 saturated carbocycles. The van der Waals surface area contributed by atoms with Crippen LogP contribution in [0.25, 0.3) is 0 Å². The van der Waals surface area contributed by atoms with Gasteiger partial charge in [-0.15, -0.1) is 0 Å². The largest absolute Gasteiger partial charge is 0.352 e. The van der Waals surface area contributed by atoms with Crippen molar-refractivity contribution in [3.63, 3.8) is 0 Å². The zero-order valence-corrected chi connectivity index (χ0v) is 13.6. The number of hydrogen-bond acceptors (Lipinski definition) is 1. The number of nitrogens with one attached hydrogen (secondary N) is 2. The van der Waals surface area contributed by atoms with Crippen molar-refractivity contribution in [1.29, 1.82) is 0 Å². The maximum Gasteiger partial charge on any atom is 0.191 e. The van der Waals surface area contributed by atoms with Crippen LogP contribution in [0.4, 0.5) is 8.78 Å². The van der Waals surface area contributed by atoms with Gasteiger partial charge in [0, 0.05) is 30.2 Å². The number of hydrogen-bond donors (Lipinski definition) is 2. The molecular formula is C16H16BrF2N3. The second-order valence-electron chi connectivity index (χ2n) is 4.64. The fraction of sp³-hybridized carbons (Fsp3) is 0.188. The first kappa shape index (κ1) is 16.4. The summed E-state index contributed by atoms with van der Waals surface area (Å²) in [6.45, 7) is 0.729. The Morgan fingerprint density at radius 1 is 1.09 bits per heavy atom. The molecule has 0 bridgehead atoms. The monoisotopic (exact) mass is 367 g/mol. The molecule has 0 radical (unpaired) electrons. The number of aliphatic imine (C=N–C) groups is 1. The average Bonchev–Trinajstić information content (AvgIpc) is 2.51. The van der Waals surface area contributed by atoms with Crippen molar-refractivity contribution in [2.24, 2.45) is 4.99 Å². The second-order valence-corrected chi connectivity index (χ2v) is 5.56. The summed E-state index contributed by atoms with van der Waals surface area (Å²) in [7, 11) is 1.62. The Bertz CT molecular complexity index is 674. The maximum absolute atomic E-state index is 13.7. The highest BCUT2D eigenvalue weighted by atomic mass is 79.9. The van der Waals surface area contributed by atoms with Crippen molar-refractivity contribution in [2.75, 3.05) is 7.05 Å². The molecule has 0 unspecified atom stereocenters. The first-order valence-electron chi connectivity index (χ1n) is 6.71. The van der Waals surface area contributed by atoms with E-state index in [1.54, 1.807) is 25.2 Å². The second kappa shape index (κ2) is 7.89. The number of rotatable bonds is 4. The Hall–Kier alpha value is -1.95. The number of nitrogens with zero attached hydrogens (tertiary/aromatic N) is 1. The molecular weight excluding hydrogens is 352 g/mol. The SMILES string of the molecule is CN=C(NCc1cccc(F)c1)NCc1cc(Br)ccc1F. The van der Waals surface area contributed by atoms with E-state index in [0.717, 1.165) is 10.0 Å². The molecule has 0 atom stereocenters. The van der Waals surface area contributed by atoms with Gasteiger partial charge in [0.05, 0.1) is 0 Å². The fourth-order valence-electron chi connectivity index (χ4n) is 1.91. The molecule has 2 aromatic rings. The molecule has 2 rings (SSSR count). The Morgan fingerprint density at radius 3 is 2.59 bits per heavy atom. The molecule has 22 heavy (non-hydrogen) atoms. The topological polar surface area (TPSA) is 36.4 Å². The van der Waals surface area contributed by atoms with Crippen molar-refractivity contribution in [2.45, 2.75) is 13.1 Å². The maximum atomic E-state index is 13.7. The molecule has 0 aromatic heterocycles. The number of halogens is 3. The van der Waals surface area contributed by atoms with Crippen molar-refractivity contribution in [3.8, 4) is 0 Å². The fourth-order valence-corrected chi connectivity index (χ4v) is 2.32. The van der Waals surface area contributed by atoms with Crippen LogP contribution in [0.1, 0.15) is 11.1 Å². The Kier molecular flexibility index (Phi) is 5.89. The molecule has 0 fully saturated rings. The van der Waals surface area contributed by atoms with Gasteiger partial charge in [0.25, 0.3) is 0 Å². The molecule has 2 N–H and O–H groups in total. The molecule has 116 valence electrons. The molecule has 0 saturated heterocycles. The van der Waals surface area contributed by atoms with Crippen LogP contribution in [-0.4, -0.2) is 13.0 Å². The molecule has 6 heteroatoms. The quantitative estimate of drug-likeness (QED) is 0.639. The predicted molar refractivity (Wildman–Crippen MR) is 87.5 cm³/mol. The molecule has 0 spiro atoms. The van der Waals surface area contributed by atoms with Crippen molar-refractivity contribution >= 4 is 21.9 Å². The van der Waals surface area contributed by atoms with E-state index in [1.165, 1.54) is 18.2 Å². The van der Waals surface area contributed by atoms with Gasteiger partial charge >= 0.3 is 0 Å². The predicted octanol–water partition coefficient (Wildman–Crippen LogP) is 3.59. The van der Waals surface area contributed by atoms with Gasteiger partial charge in [0.1, 0.15) is 11.6 Å². The zero-order chi connectivity index (χ0) is 15.9. The number of benzene rings is 2. The Balaban J connectivity index is 1.91. The molecule has 0 amide bonds. The minimum Gasteiger partial charge on any atom is -0.352 e. The lowest BCUT2D eigenvalue weighted by Gasteiger charge is -2.12.